The molecule has 1 aliphatic rings. The Hall–Kier alpha value is -2.69. The highest BCUT2D eigenvalue weighted by Crippen LogP contribution is 2.42. The molecule has 1 fully saturated rings. The van der Waals surface area contributed by atoms with E-state index in [1.807, 2.05) is 23.2 Å². The van der Waals surface area contributed by atoms with Gasteiger partial charge in [-0.3, -0.25) is 9.20 Å². The summed E-state index contributed by atoms with van der Waals surface area (Å²) in [4.78, 5) is 23.4. The van der Waals surface area contributed by atoms with Gasteiger partial charge in [-0.1, -0.05) is 44.2 Å². The van der Waals surface area contributed by atoms with Crippen LogP contribution < -0.4 is 0 Å². The van der Waals surface area contributed by atoms with Crippen molar-refractivity contribution < 1.29 is 4.79 Å². The molecule has 122 valence electrons. The first kappa shape index (κ1) is 14.9. The summed E-state index contributed by atoms with van der Waals surface area (Å²) >= 11 is 0. The van der Waals surface area contributed by atoms with Crippen LogP contribution >= 0.6 is 0 Å². The predicted octanol–water partition coefficient (Wildman–Crippen LogP) is 3.00. The van der Waals surface area contributed by atoms with Crippen molar-refractivity contribution in [3.8, 4) is 0 Å². The number of carbonyl (C=O) groups is 1. The number of hydrogen-bond donors (Lipinski definition) is 0. The van der Waals surface area contributed by atoms with E-state index in [9.17, 15) is 4.79 Å². The summed E-state index contributed by atoms with van der Waals surface area (Å²) < 4.78 is 1.78. The Bertz CT molecular complexity index is 852. The van der Waals surface area contributed by atoms with Crippen molar-refractivity contribution in [1.82, 2.24) is 19.3 Å². The number of carbonyl (C=O) groups excluding carboxylic acids is 1. The molecule has 3 aromatic rings. The summed E-state index contributed by atoms with van der Waals surface area (Å²) in [5, 5.41) is 0. The molecule has 5 heteroatoms. The fraction of sp³-hybridized carbons (Fsp3) is 0.316. The van der Waals surface area contributed by atoms with E-state index in [0.29, 0.717) is 17.4 Å². The predicted molar refractivity (Wildman–Crippen MR) is 91.9 cm³/mol. The van der Waals surface area contributed by atoms with Crippen LogP contribution in [0.4, 0.5) is 0 Å². The zero-order valence-corrected chi connectivity index (χ0v) is 13.9. The van der Waals surface area contributed by atoms with Gasteiger partial charge in [0, 0.05) is 37.6 Å². The lowest BCUT2D eigenvalue weighted by Crippen LogP contribution is -2.30. The minimum Gasteiger partial charge on any atom is -0.336 e. The number of fused-ring (bicyclic) bond motifs is 1. The Morgan fingerprint density at radius 3 is 2.75 bits per heavy atom. The van der Waals surface area contributed by atoms with E-state index in [2.05, 4.69) is 48.1 Å². The first-order valence-corrected chi connectivity index (χ1v) is 8.18. The van der Waals surface area contributed by atoms with Gasteiger partial charge in [0.25, 0.3) is 5.91 Å². The third kappa shape index (κ3) is 2.46. The summed E-state index contributed by atoms with van der Waals surface area (Å²) in [7, 11) is 0. The maximum Gasteiger partial charge on any atom is 0.274 e. The van der Waals surface area contributed by atoms with Gasteiger partial charge in [-0.2, -0.15) is 0 Å². The summed E-state index contributed by atoms with van der Waals surface area (Å²) in [6.45, 7) is 5.90. The molecule has 1 aromatic carbocycles. The zero-order valence-electron chi connectivity index (χ0n) is 13.9. The van der Waals surface area contributed by atoms with Crippen LogP contribution in [0.1, 0.15) is 35.8 Å². The number of imidazole rings is 1. The van der Waals surface area contributed by atoms with E-state index >= 15 is 0 Å². The number of benzene rings is 1. The van der Waals surface area contributed by atoms with Crippen molar-refractivity contribution in [2.75, 3.05) is 13.1 Å². The maximum absolute atomic E-state index is 12.9. The van der Waals surface area contributed by atoms with Crippen LogP contribution in [0.5, 0.6) is 0 Å². The molecule has 0 N–H and O–H groups in total. The summed E-state index contributed by atoms with van der Waals surface area (Å²) in [5.74, 6) is 0.865. The molecule has 0 aliphatic carbocycles. The van der Waals surface area contributed by atoms with Gasteiger partial charge in [0.05, 0.1) is 0 Å². The maximum atomic E-state index is 12.9. The molecule has 24 heavy (non-hydrogen) atoms. The number of aromatic nitrogens is 3. The second kappa shape index (κ2) is 5.44. The van der Waals surface area contributed by atoms with Crippen LogP contribution in [0.15, 0.2) is 55.0 Å². The summed E-state index contributed by atoms with van der Waals surface area (Å²) in [6, 6.07) is 12.3. The van der Waals surface area contributed by atoms with Gasteiger partial charge < -0.3 is 4.90 Å². The molecular weight excluding hydrogens is 300 g/mol. The Kier molecular flexibility index (Phi) is 3.37. The molecular formula is C19H20N4O. The van der Waals surface area contributed by atoms with Gasteiger partial charge in [0.15, 0.2) is 0 Å². The van der Waals surface area contributed by atoms with Gasteiger partial charge in [-0.25, -0.2) is 9.97 Å². The lowest BCUT2D eigenvalue weighted by Gasteiger charge is -2.25. The third-order valence-electron chi connectivity index (χ3n) is 4.89. The Morgan fingerprint density at radius 1 is 1.21 bits per heavy atom. The zero-order chi connectivity index (χ0) is 16.7. The van der Waals surface area contributed by atoms with Crippen LogP contribution in [-0.4, -0.2) is 38.3 Å². The molecule has 1 aliphatic heterocycles. The average Bonchev–Trinajstić information content (AvgIpc) is 3.15. The second-order valence-corrected chi connectivity index (χ2v) is 7.09. The van der Waals surface area contributed by atoms with E-state index in [4.69, 9.17) is 0 Å². The quantitative estimate of drug-likeness (QED) is 0.729. The van der Waals surface area contributed by atoms with Crippen LogP contribution in [0.25, 0.3) is 5.78 Å². The van der Waals surface area contributed by atoms with E-state index in [-0.39, 0.29) is 11.3 Å². The Labute approximate surface area is 141 Å². The fourth-order valence-electron chi connectivity index (χ4n) is 3.63. The van der Waals surface area contributed by atoms with E-state index < -0.39 is 0 Å². The number of hydrogen-bond acceptors (Lipinski definition) is 3. The van der Waals surface area contributed by atoms with Crippen molar-refractivity contribution in [2.45, 2.75) is 19.8 Å². The molecule has 1 unspecified atom stereocenters. The summed E-state index contributed by atoms with van der Waals surface area (Å²) in [5.41, 5.74) is 1.78. The topological polar surface area (TPSA) is 50.5 Å². The summed E-state index contributed by atoms with van der Waals surface area (Å²) in [6.07, 6.45) is 5.29. The number of likely N-dealkylation sites (tertiary alicyclic amines) is 1. The number of amides is 1. The molecule has 0 bridgehead atoms. The van der Waals surface area contributed by atoms with Crippen molar-refractivity contribution in [1.29, 1.82) is 0 Å². The second-order valence-electron chi connectivity index (χ2n) is 7.09. The first-order chi connectivity index (χ1) is 11.5. The van der Waals surface area contributed by atoms with Crippen LogP contribution in [0, 0.1) is 5.41 Å². The number of rotatable bonds is 2. The minimum absolute atomic E-state index is 0.0213. The molecule has 2 aromatic heterocycles. The highest BCUT2D eigenvalue weighted by Gasteiger charge is 2.42. The standard InChI is InChI=1S/C19H20N4O/c1-19(2)13-23(11-15(19)14-7-4-3-5-8-14)17(24)16-12-22-10-6-9-20-18(22)21-16/h3-10,12,15H,11,13H2,1-2H3. The smallest absolute Gasteiger partial charge is 0.274 e. The van der Waals surface area contributed by atoms with Crippen molar-refractivity contribution in [3.05, 3.63) is 66.2 Å². The van der Waals surface area contributed by atoms with Gasteiger partial charge in [0.1, 0.15) is 5.69 Å². The van der Waals surface area contributed by atoms with Crippen molar-refractivity contribution in [3.63, 3.8) is 0 Å². The van der Waals surface area contributed by atoms with E-state index in [1.165, 1.54) is 5.56 Å². The molecule has 4 rings (SSSR count). The Morgan fingerprint density at radius 2 is 2.00 bits per heavy atom. The van der Waals surface area contributed by atoms with Crippen LogP contribution in [0.3, 0.4) is 0 Å². The average molecular weight is 320 g/mol. The van der Waals surface area contributed by atoms with Crippen LogP contribution in [-0.2, 0) is 0 Å². The monoisotopic (exact) mass is 320 g/mol. The fourth-order valence-corrected chi connectivity index (χ4v) is 3.63. The van der Waals surface area contributed by atoms with Crippen molar-refractivity contribution in [2.24, 2.45) is 5.41 Å². The molecule has 0 spiro atoms. The number of nitrogens with zero attached hydrogens (tertiary/aromatic N) is 4. The van der Waals surface area contributed by atoms with Crippen molar-refractivity contribution >= 4 is 11.7 Å². The van der Waals surface area contributed by atoms with E-state index in [1.54, 1.807) is 16.8 Å². The van der Waals surface area contributed by atoms with Gasteiger partial charge in [-0.15, -0.1) is 0 Å². The third-order valence-corrected chi connectivity index (χ3v) is 4.89. The van der Waals surface area contributed by atoms with E-state index in [0.717, 1.165) is 13.1 Å². The minimum atomic E-state index is -0.0213. The normalized spacial score (nSPS) is 19.8. The Balaban J connectivity index is 1.62. The highest BCUT2D eigenvalue weighted by atomic mass is 16.2. The molecule has 0 saturated carbocycles. The molecule has 1 amide bonds. The lowest BCUT2D eigenvalue weighted by molar-refractivity contribution is 0.0773. The largest absolute Gasteiger partial charge is 0.336 e. The van der Waals surface area contributed by atoms with Gasteiger partial charge in [-0.05, 0) is 17.0 Å². The molecule has 3 heterocycles. The molecule has 5 nitrogen and oxygen atoms in total. The van der Waals surface area contributed by atoms with Gasteiger partial charge >= 0.3 is 0 Å². The highest BCUT2D eigenvalue weighted by molar-refractivity contribution is 5.93. The van der Waals surface area contributed by atoms with Crippen LogP contribution in [0.2, 0.25) is 0 Å². The molecule has 1 saturated heterocycles. The van der Waals surface area contributed by atoms with Gasteiger partial charge in [0.2, 0.25) is 5.78 Å². The first-order valence-electron chi connectivity index (χ1n) is 8.18. The molecule has 1 atom stereocenters. The lowest BCUT2D eigenvalue weighted by atomic mass is 9.78. The SMILES string of the molecule is CC1(C)CN(C(=O)c2cn3cccnc3n2)CC1c1ccccc1. The molecule has 0 radical (unpaired) electrons.